The lowest BCUT2D eigenvalue weighted by molar-refractivity contribution is -0.144. The Labute approximate surface area is 318 Å². The van der Waals surface area contributed by atoms with Gasteiger partial charge in [-0.1, -0.05) is 72.3 Å². The number of amides is 4. The summed E-state index contributed by atoms with van der Waals surface area (Å²) in [6.45, 7) is 0. The van der Waals surface area contributed by atoms with Crippen LogP contribution in [0.1, 0.15) is 67.6 Å². The molecule has 15 heteroatoms. The van der Waals surface area contributed by atoms with Gasteiger partial charge in [0.05, 0.1) is 40.9 Å². The summed E-state index contributed by atoms with van der Waals surface area (Å²) in [4.78, 5) is 64.0. The molecule has 3 heterocycles. The average Bonchev–Trinajstić information content (AvgIpc) is 3.53. The first kappa shape index (κ1) is 36.4. The average molecular weight is 784 g/mol. The number of hydrogen-bond donors (Lipinski definition) is 2. The van der Waals surface area contributed by atoms with Crippen molar-refractivity contribution < 1.29 is 42.2 Å². The van der Waals surface area contributed by atoms with Gasteiger partial charge in [-0.05, 0) is 61.4 Å². The molecule has 2 aliphatic heterocycles. The van der Waals surface area contributed by atoms with E-state index in [4.69, 9.17) is 27.9 Å². The van der Waals surface area contributed by atoms with Crippen molar-refractivity contribution in [2.45, 2.75) is 68.5 Å². The number of aromatic hydroxyl groups is 1. The Hall–Kier alpha value is -4.62. The number of fused-ring (bicyclic) bond motifs is 4. The Kier molecular flexibility index (Phi) is 8.95. The summed E-state index contributed by atoms with van der Waals surface area (Å²) in [5.74, 6) is -6.46. The second kappa shape index (κ2) is 13.3. The Morgan fingerprint density at radius 3 is 2.33 bits per heavy atom. The highest BCUT2D eigenvalue weighted by Gasteiger charge is 2.71. The molecule has 0 radical (unpaired) electrons. The molecule has 0 bridgehead atoms. The fourth-order valence-electron chi connectivity index (χ4n) is 9.79. The number of allylic oxidation sites excluding steroid dienone is 2. The number of halogens is 5. The third-order valence-corrected chi connectivity index (χ3v) is 12.6. The molecule has 6 unspecified atom stereocenters. The molecular weight excluding hydrogens is 748 g/mol. The number of methoxy groups -OCH3 is 1. The summed E-state index contributed by atoms with van der Waals surface area (Å²) < 4.78 is 46.2. The van der Waals surface area contributed by atoms with Gasteiger partial charge in [0.25, 0.3) is 11.8 Å². The molecule has 3 aliphatic carbocycles. The van der Waals surface area contributed by atoms with E-state index in [-0.39, 0.29) is 48.0 Å². The van der Waals surface area contributed by atoms with Crippen LogP contribution in [-0.4, -0.2) is 56.8 Å². The molecule has 2 saturated carbocycles. The number of phenolic OH excluding ortho intramolecular Hbond substituents is 1. The Bertz CT molecular complexity index is 2110. The number of imide groups is 2. The van der Waals surface area contributed by atoms with Gasteiger partial charge in [0, 0.05) is 34.8 Å². The Morgan fingerprint density at radius 1 is 0.944 bits per heavy atom. The largest absolute Gasteiger partial charge is 0.508 e. The number of carbonyl (C=O) groups excluding carboxylic acids is 4. The topological polar surface area (TPSA) is 129 Å². The number of ether oxygens (including phenoxy) is 1. The lowest BCUT2D eigenvalue weighted by Crippen LogP contribution is -2.53. The summed E-state index contributed by atoms with van der Waals surface area (Å²) in [7, 11) is 1.41. The van der Waals surface area contributed by atoms with Crippen molar-refractivity contribution in [1.82, 2.24) is 14.9 Å². The van der Waals surface area contributed by atoms with Crippen LogP contribution in [0.25, 0.3) is 0 Å². The van der Waals surface area contributed by atoms with Crippen LogP contribution >= 0.6 is 23.2 Å². The molecule has 10 nitrogen and oxygen atoms in total. The van der Waals surface area contributed by atoms with Crippen molar-refractivity contribution in [2.24, 2.45) is 23.7 Å². The van der Waals surface area contributed by atoms with Gasteiger partial charge in [0.1, 0.15) is 11.5 Å². The highest BCUT2D eigenvalue weighted by atomic mass is 35.5. The SMILES string of the molecule is COc1cc(O)ccc1C1C2=CCC3C(=O)N(C4CCCCC4)C(=O)C3C2CC2C(=O)N(Nc3ncc(C(F)(F)F)cc3Cl)C(=O)C21c1ccc(Cl)cc1. The first-order valence-electron chi connectivity index (χ1n) is 17.8. The fourth-order valence-corrected chi connectivity index (χ4v) is 10.1. The highest BCUT2D eigenvalue weighted by Crippen LogP contribution is 2.65. The summed E-state index contributed by atoms with van der Waals surface area (Å²) in [6, 6.07) is 11.4. The lowest BCUT2D eigenvalue weighted by atomic mass is 9.49. The van der Waals surface area contributed by atoms with E-state index in [1.807, 2.05) is 6.08 Å². The number of phenols is 1. The number of rotatable bonds is 6. The lowest BCUT2D eigenvalue weighted by Gasteiger charge is -2.50. The maximum Gasteiger partial charge on any atom is 0.417 e. The van der Waals surface area contributed by atoms with E-state index in [0.29, 0.717) is 34.0 Å². The molecule has 4 amide bonds. The number of anilines is 1. The number of alkyl halides is 3. The first-order chi connectivity index (χ1) is 25.8. The maximum absolute atomic E-state index is 15.3. The van der Waals surface area contributed by atoms with E-state index in [2.05, 4.69) is 10.4 Å². The van der Waals surface area contributed by atoms with Crippen molar-refractivity contribution in [1.29, 1.82) is 0 Å². The molecular formula is C39H35Cl2F3N4O6. The first-order valence-corrected chi connectivity index (χ1v) is 18.6. The van der Waals surface area contributed by atoms with Gasteiger partial charge in [-0.25, -0.2) is 4.98 Å². The third kappa shape index (κ3) is 5.48. The summed E-state index contributed by atoms with van der Waals surface area (Å²) >= 11 is 12.6. The number of carbonyl (C=O) groups is 4. The zero-order valence-corrected chi connectivity index (χ0v) is 30.4. The van der Waals surface area contributed by atoms with Crippen LogP contribution in [0.3, 0.4) is 0 Å². The van der Waals surface area contributed by atoms with Crippen LogP contribution in [0.4, 0.5) is 19.0 Å². The van der Waals surface area contributed by atoms with E-state index >= 15 is 4.79 Å². The summed E-state index contributed by atoms with van der Waals surface area (Å²) in [5, 5.41) is 11.1. The maximum atomic E-state index is 15.3. The molecule has 2 saturated heterocycles. The molecule has 5 aliphatic rings. The van der Waals surface area contributed by atoms with E-state index in [1.54, 1.807) is 30.3 Å². The van der Waals surface area contributed by atoms with Gasteiger partial charge >= 0.3 is 6.18 Å². The van der Waals surface area contributed by atoms with E-state index < -0.39 is 63.6 Å². The van der Waals surface area contributed by atoms with Crippen molar-refractivity contribution >= 4 is 52.6 Å². The number of aromatic nitrogens is 1. The molecule has 2 aromatic carbocycles. The van der Waals surface area contributed by atoms with Crippen LogP contribution < -0.4 is 10.2 Å². The Morgan fingerprint density at radius 2 is 1.67 bits per heavy atom. The summed E-state index contributed by atoms with van der Waals surface area (Å²) in [6.07, 6.45) is 2.26. The molecule has 2 N–H and O–H groups in total. The molecule has 282 valence electrons. The molecule has 54 heavy (non-hydrogen) atoms. The highest BCUT2D eigenvalue weighted by molar-refractivity contribution is 6.33. The second-order valence-electron chi connectivity index (χ2n) is 14.7. The molecule has 0 spiro atoms. The molecule has 8 rings (SSSR count). The predicted molar refractivity (Wildman–Crippen MR) is 190 cm³/mol. The van der Waals surface area contributed by atoms with Gasteiger partial charge in [0.15, 0.2) is 5.82 Å². The van der Waals surface area contributed by atoms with Gasteiger partial charge in [-0.2, -0.15) is 18.2 Å². The zero-order valence-electron chi connectivity index (χ0n) is 28.9. The number of nitrogens with one attached hydrogen (secondary N) is 1. The second-order valence-corrected chi connectivity index (χ2v) is 15.5. The van der Waals surface area contributed by atoms with Crippen molar-refractivity contribution in [3.63, 3.8) is 0 Å². The van der Waals surface area contributed by atoms with E-state index in [9.17, 15) is 32.7 Å². The number of benzene rings is 2. The van der Waals surface area contributed by atoms with Crippen LogP contribution in [-0.2, 0) is 30.8 Å². The smallest absolute Gasteiger partial charge is 0.417 e. The van der Waals surface area contributed by atoms with E-state index in [1.165, 1.54) is 24.1 Å². The van der Waals surface area contributed by atoms with E-state index in [0.717, 1.165) is 37.1 Å². The fraction of sp³-hybridized carbons (Fsp3) is 0.410. The minimum Gasteiger partial charge on any atom is -0.508 e. The Balaban J connectivity index is 1.31. The standard InChI is InChI=1S/C39H35Cl2F3N4O6/c1-54-30-16-23(49)11-12-25(30)32-24-13-14-26-31(36(52)47(34(26)50)22-5-3-2-4-6-22)27(24)17-28-35(51)48(37(53)38(28,32)19-7-9-21(40)10-8-19)46-33-29(41)15-20(18-45-33)39(42,43)44/h7-13,15-16,18,22,26-28,31-32,49H,2-6,14,17H2,1H3,(H,45,46). The monoisotopic (exact) mass is 782 g/mol. The third-order valence-electron chi connectivity index (χ3n) is 12.1. The number of hydrogen-bond acceptors (Lipinski definition) is 8. The number of nitrogens with zero attached hydrogens (tertiary/aromatic N) is 3. The summed E-state index contributed by atoms with van der Waals surface area (Å²) in [5.41, 5.74) is 1.30. The minimum atomic E-state index is -4.74. The number of likely N-dealkylation sites (tertiary alicyclic amines) is 1. The van der Waals surface area contributed by atoms with Crippen LogP contribution in [0.15, 0.2) is 66.4 Å². The van der Waals surface area contributed by atoms with Crippen LogP contribution in [0, 0.1) is 23.7 Å². The molecule has 1 aromatic heterocycles. The molecule has 6 atom stereocenters. The van der Waals surface area contributed by atoms with Gasteiger partial charge < -0.3 is 9.84 Å². The van der Waals surface area contributed by atoms with Crippen molar-refractivity contribution in [2.75, 3.05) is 12.5 Å². The quantitative estimate of drug-likeness (QED) is 0.195. The number of hydrazine groups is 1. The van der Waals surface area contributed by atoms with Gasteiger partial charge in [0.2, 0.25) is 11.8 Å². The normalized spacial score (nSPS) is 28.5. The zero-order chi connectivity index (χ0) is 38.3. The van der Waals surface area contributed by atoms with Gasteiger partial charge in [-0.15, -0.1) is 0 Å². The van der Waals surface area contributed by atoms with Crippen LogP contribution in [0.5, 0.6) is 11.5 Å². The predicted octanol–water partition coefficient (Wildman–Crippen LogP) is 7.44. The van der Waals surface area contributed by atoms with Crippen LogP contribution in [0.2, 0.25) is 10.0 Å². The van der Waals surface area contributed by atoms with Gasteiger partial charge in [-0.3, -0.25) is 29.5 Å². The molecule has 3 aromatic rings. The minimum absolute atomic E-state index is 0.000970. The molecule has 4 fully saturated rings. The van der Waals surface area contributed by atoms with Crippen molar-refractivity contribution in [3.8, 4) is 11.5 Å². The number of pyridine rings is 1. The van der Waals surface area contributed by atoms with Crippen molar-refractivity contribution in [3.05, 3.63) is 93.1 Å².